The fourth-order valence-electron chi connectivity index (χ4n) is 3.47. The van der Waals surface area contributed by atoms with Crippen LogP contribution in [0.5, 0.6) is 0 Å². The molecular formula is C25H18N2OS. The topological polar surface area (TPSA) is 34.4 Å². The van der Waals surface area contributed by atoms with E-state index in [1.54, 1.807) is 4.40 Å². The van der Waals surface area contributed by atoms with E-state index in [9.17, 15) is 4.79 Å². The van der Waals surface area contributed by atoms with Gasteiger partial charge in [-0.15, -0.1) is 0 Å². The first-order valence-electron chi connectivity index (χ1n) is 9.45. The summed E-state index contributed by atoms with van der Waals surface area (Å²) < 4.78 is 2.44. The summed E-state index contributed by atoms with van der Waals surface area (Å²) in [6.45, 7) is 2.05. The number of benzene rings is 3. The van der Waals surface area contributed by atoms with Crippen LogP contribution in [0.15, 0.2) is 89.7 Å². The SMILES string of the molecule is Cc1ccc(/C=c2/sc3nc(-c4ccccc4)c(-c4ccccc4)n3c2=O)cc1. The maximum absolute atomic E-state index is 13.3. The molecule has 0 aliphatic carbocycles. The molecule has 0 atom stereocenters. The Morgan fingerprint density at radius 1 is 0.828 bits per heavy atom. The van der Waals surface area contributed by atoms with E-state index in [4.69, 9.17) is 4.98 Å². The number of hydrogen-bond acceptors (Lipinski definition) is 3. The van der Waals surface area contributed by atoms with Crippen molar-refractivity contribution in [2.24, 2.45) is 0 Å². The molecule has 4 heteroatoms. The number of hydrogen-bond donors (Lipinski definition) is 0. The van der Waals surface area contributed by atoms with Gasteiger partial charge in [0.15, 0.2) is 4.96 Å². The molecule has 0 saturated heterocycles. The summed E-state index contributed by atoms with van der Waals surface area (Å²) in [6.07, 6.45) is 1.94. The van der Waals surface area contributed by atoms with Crippen molar-refractivity contribution >= 4 is 22.4 Å². The lowest BCUT2D eigenvalue weighted by Crippen LogP contribution is -2.23. The molecule has 0 saturated carbocycles. The molecule has 5 rings (SSSR count). The van der Waals surface area contributed by atoms with Gasteiger partial charge in [-0.05, 0) is 18.6 Å². The minimum absolute atomic E-state index is 0.0286. The Bertz CT molecular complexity index is 1400. The first-order chi connectivity index (χ1) is 14.2. The lowest BCUT2D eigenvalue weighted by atomic mass is 10.1. The van der Waals surface area contributed by atoms with Crippen LogP contribution in [-0.2, 0) is 0 Å². The fraction of sp³-hybridized carbons (Fsp3) is 0.0400. The highest BCUT2D eigenvalue weighted by Crippen LogP contribution is 2.32. The van der Waals surface area contributed by atoms with Crippen LogP contribution in [-0.4, -0.2) is 9.38 Å². The molecule has 29 heavy (non-hydrogen) atoms. The Kier molecular flexibility index (Phi) is 4.34. The summed E-state index contributed by atoms with van der Waals surface area (Å²) in [4.78, 5) is 18.9. The maximum atomic E-state index is 13.3. The minimum Gasteiger partial charge on any atom is -0.267 e. The van der Waals surface area contributed by atoms with E-state index in [1.807, 2.05) is 78.9 Å². The predicted molar refractivity (Wildman–Crippen MR) is 120 cm³/mol. The highest BCUT2D eigenvalue weighted by molar-refractivity contribution is 7.15. The third-order valence-corrected chi connectivity index (χ3v) is 5.90. The average molecular weight is 394 g/mol. The summed E-state index contributed by atoms with van der Waals surface area (Å²) in [7, 11) is 0. The molecule has 0 amide bonds. The summed E-state index contributed by atoms with van der Waals surface area (Å²) in [5, 5.41) is 0. The molecular weight excluding hydrogens is 376 g/mol. The standard InChI is InChI=1S/C25H18N2OS/c1-17-12-14-18(15-13-17)16-21-24(28)27-23(20-10-6-3-7-11-20)22(26-25(27)29-21)19-8-4-2-5-9-19/h2-16H,1H3/b21-16+. The zero-order chi connectivity index (χ0) is 19.8. The van der Waals surface area contributed by atoms with Crippen molar-refractivity contribution in [3.05, 3.63) is 111 Å². The third-order valence-electron chi connectivity index (χ3n) is 4.93. The van der Waals surface area contributed by atoms with E-state index in [2.05, 4.69) is 19.1 Å². The number of thiazole rings is 1. The quantitative estimate of drug-likeness (QED) is 0.434. The lowest BCUT2D eigenvalue weighted by Gasteiger charge is -2.04. The van der Waals surface area contributed by atoms with Crippen LogP contribution < -0.4 is 10.1 Å². The minimum atomic E-state index is -0.0286. The number of fused-ring (bicyclic) bond motifs is 1. The molecule has 0 unspecified atom stereocenters. The molecule has 140 valence electrons. The highest BCUT2D eigenvalue weighted by Gasteiger charge is 2.19. The summed E-state index contributed by atoms with van der Waals surface area (Å²) in [5.41, 5.74) is 5.85. The molecule has 3 aromatic carbocycles. The number of rotatable bonds is 3. The molecule has 0 spiro atoms. The lowest BCUT2D eigenvalue weighted by molar-refractivity contribution is 1.15. The third kappa shape index (κ3) is 3.18. The maximum Gasteiger partial charge on any atom is 0.274 e. The van der Waals surface area contributed by atoms with Crippen LogP contribution >= 0.6 is 11.3 Å². The molecule has 2 aromatic heterocycles. The van der Waals surface area contributed by atoms with E-state index in [1.165, 1.54) is 16.9 Å². The van der Waals surface area contributed by atoms with Crippen LogP contribution in [0, 0.1) is 6.92 Å². The number of imidazole rings is 1. The average Bonchev–Trinajstić information content (AvgIpc) is 3.28. The van der Waals surface area contributed by atoms with Gasteiger partial charge in [0.1, 0.15) is 0 Å². The Labute approximate surface area is 172 Å². The fourth-order valence-corrected chi connectivity index (χ4v) is 4.45. The Morgan fingerprint density at radius 3 is 2.10 bits per heavy atom. The highest BCUT2D eigenvalue weighted by atomic mass is 32.1. The van der Waals surface area contributed by atoms with E-state index in [0.29, 0.717) is 9.49 Å². The zero-order valence-corrected chi connectivity index (χ0v) is 16.7. The summed E-state index contributed by atoms with van der Waals surface area (Å²) >= 11 is 1.43. The first-order valence-corrected chi connectivity index (χ1v) is 10.3. The summed E-state index contributed by atoms with van der Waals surface area (Å²) in [6, 6.07) is 28.2. The summed E-state index contributed by atoms with van der Waals surface area (Å²) in [5.74, 6) is 0. The zero-order valence-electron chi connectivity index (χ0n) is 15.9. The van der Waals surface area contributed by atoms with Crippen molar-refractivity contribution in [2.75, 3.05) is 0 Å². The van der Waals surface area contributed by atoms with Gasteiger partial charge < -0.3 is 0 Å². The van der Waals surface area contributed by atoms with Crippen LogP contribution in [0.1, 0.15) is 11.1 Å². The van der Waals surface area contributed by atoms with Gasteiger partial charge in [0.25, 0.3) is 5.56 Å². The van der Waals surface area contributed by atoms with Crippen molar-refractivity contribution < 1.29 is 0 Å². The predicted octanol–water partition coefficient (Wildman–Crippen LogP) is 4.95. The van der Waals surface area contributed by atoms with Gasteiger partial charge >= 0.3 is 0 Å². The smallest absolute Gasteiger partial charge is 0.267 e. The van der Waals surface area contributed by atoms with E-state index in [-0.39, 0.29) is 5.56 Å². The van der Waals surface area contributed by atoms with Gasteiger partial charge in [-0.2, -0.15) is 0 Å². The van der Waals surface area contributed by atoms with Gasteiger partial charge in [0, 0.05) is 11.1 Å². The Balaban J connectivity index is 1.79. The number of nitrogens with zero attached hydrogens (tertiary/aromatic N) is 2. The van der Waals surface area contributed by atoms with Gasteiger partial charge in [-0.3, -0.25) is 4.79 Å². The van der Waals surface area contributed by atoms with Crippen LogP contribution in [0.4, 0.5) is 0 Å². The first kappa shape index (κ1) is 17.6. The number of aromatic nitrogens is 2. The Hall–Kier alpha value is -3.50. The Morgan fingerprint density at radius 2 is 1.45 bits per heavy atom. The van der Waals surface area contributed by atoms with E-state index < -0.39 is 0 Å². The molecule has 0 N–H and O–H groups in total. The monoisotopic (exact) mass is 394 g/mol. The van der Waals surface area contributed by atoms with Gasteiger partial charge in [-0.1, -0.05) is 102 Å². The van der Waals surface area contributed by atoms with E-state index in [0.717, 1.165) is 28.1 Å². The molecule has 0 bridgehead atoms. The van der Waals surface area contributed by atoms with Crippen molar-refractivity contribution in [3.8, 4) is 22.5 Å². The van der Waals surface area contributed by atoms with Crippen molar-refractivity contribution in [3.63, 3.8) is 0 Å². The second-order valence-electron chi connectivity index (χ2n) is 6.99. The van der Waals surface area contributed by atoms with Crippen LogP contribution in [0.2, 0.25) is 0 Å². The van der Waals surface area contributed by atoms with Crippen LogP contribution in [0.3, 0.4) is 0 Å². The van der Waals surface area contributed by atoms with Gasteiger partial charge in [0.2, 0.25) is 0 Å². The number of aryl methyl sites for hydroxylation is 1. The largest absolute Gasteiger partial charge is 0.274 e. The second-order valence-corrected chi connectivity index (χ2v) is 7.99. The van der Waals surface area contributed by atoms with Gasteiger partial charge in [-0.25, -0.2) is 9.38 Å². The van der Waals surface area contributed by atoms with Gasteiger partial charge in [0.05, 0.1) is 15.9 Å². The molecule has 3 nitrogen and oxygen atoms in total. The normalized spacial score (nSPS) is 12.0. The van der Waals surface area contributed by atoms with Crippen molar-refractivity contribution in [2.45, 2.75) is 6.92 Å². The van der Waals surface area contributed by atoms with Crippen molar-refractivity contribution in [1.29, 1.82) is 0 Å². The molecule has 0 aliphatic heterocycles. The second kappa shape index (κ2) is 7.15. The molecule has 5 aromatic rings. The van der Waals surface area contributed by atoms with Crippen LogP contribution in [0.25, 0.3) is 33.6 Å². The molecule has 0 fully saturated rings. The molecule has 2 heterocycles. The van der Waals surface area contributed by atoms with Crippen molar-refractivity contribution in [1.82, 2.24) is 9.38 Å². The molecule has 0 aliphatic rings. The molecule has 0 radical (unpaired) electrons. The van der Waals surface area contributed by atoms with E-state index >= 15 is 0 Å².